The first-order chi connectivity index (χ1) is 23.7. The highest BCUT2D eigenvalue weighted by Gasteiger charge is 2.53. The number of fused-ring (bicyclic) bond motifs is 1. The van der Waals surface area contributed by atoms with E-state index in [0.29, 0.717) is 47.9 Å². The van der Waals surface area contributed by atoms with Gasteiger partial charge in [-0.15, -0.1) is 4.31 Å². The first-order valence-corrected chi connectivity index (χ1v) is 18.7. The molecular weight excluding hydrogens is 653 g/mol. The lowest BCUT2D eigenvalue weighted by Gasteiger charge is -2.32. The Morgan fingerprint density at radius 1 is 1.18 bits per heavy atom. The number of pyridine rings is 1. The molecule has 11 nitrogen and oxygen atoms in total. The van der Waals surface area contributed by atoms with Crippen LogP contribution in [0.25, 0.3) is 6.08 Å². The number of likely N-dealkylation sites (tertiary alicyclic amines) is 1. The Morgan fingerprint density at radius 2 is 1.90 bits per heavy atom. The van der Waals surface area contributed by atoms with Gasteiger partial charge in [0.2, 0.25) is 10.8 Å². The van der Waals surface area contributed by atoms with E-state index in [2.05, 4.69) is 11.0 Å². The molecular formula is C38H52N6O5S. The number of rotatable bonds is 11. The number of carbonyl (C=O) groups is 1. The molecule has 12 heteroatoms. The van der Waals surface area contributed by atoms with Crippen molar-refractivity contribution >= 4 is 29.2 Å². The van der Waals surface area contributed by atoms with Gasteiger partial charge in [0, 0.05) is 48.1 Å². The first-order valence-electron chi connectivity index (χ1n) is 17.6. The Morgan fingerprint density at radius 3 is 2.56 bits per heavy atom. The van der Waals surface area contributed by atoms with Crippen LogP contribution in [0.5, 0.6) is 11.8 Å². The molecule has 2 fully saturated rings. The van der Waals surface area contributed by atoms with Crippen molar-refractivity contribution in [1.29, 1.82) is 0 Å². The maximum atomic E-state index is 14.4. The summed E-state index contributed by atoms with van der Waals surface area (Å²) in [5.74, 6) is -0.0438. The van der Waals surface area contributed by atoms with E-state index >= 15 is 0 Å². The molecule has 6 rings (SSSR count). The van der Waals surface area contributed by atoms with E-state index in [1.54, 1.807) is 26.8 Å². The van der Waals surface area contributed by atoms with Crippen LogP contribution in [0, 0.1) is 19.3 Å². The number of hydrogen-bond acceptors (Lipinski definition) is 9. The number of carboxylic acid groups (broad SMARTS) is 1. The molecule has 0 bridgehead atoms. The van der Waals surface area contributed by atoms with Gasteiger partial charge < -0.3 is 35.2 Å². The van der Waals surface area contributed by atoms with Crippen molar-refractivity contribution in [2.24, 2.45) is 18.2 Å². The quantitative estimate of drug-likeness (QED) is 0.218. The number of carboxylic acids is 1. The van der Waals surface area contributed by atoms with Gasteiger partial charge in [0.25, 0.3) is 5.88 Å². The number of hydrogen-bond donors (Lipinski definition) is 3. The number of aliphatic carboxylic acids is 1. The van der Waals surface area contributed by atoms with Crippen LogP contribution in [0.4, 0.5) is 5.82 Å². The number of nitrogens with two attached hydrogens (primary N) is 2. The van der Waals surface area contributed by atoms with Crippen LogP contribution in [0.1, 0.15) is 92.3 Å². The normalized spacial score (nSPS) is 20.2. The number of anilines is 1. The third-order valence-corrected chi connectivity index (χ3v) is 12.0. The van der Waals surface area contributed by atoms with Crippen molar-refractivity contribution < 1.29 is 23.9 Å². The van der Waals surface area contributed by atoms with Crippen molar-refractivity contribution in [3.05, 3.63) is 69.5 Å². The Kier molecular flexibility index (Phi) is 10.2. The van der Waals surface area contributed by atoms with E-state index in [1.807, 2.05) is 54.0 Å². The van der Waals surface area contributed by atoms with E-state index in [1.165, 1.54) is 19.3 Å². The molecule has 3 aliphatic rings. The van der Waals surface area contributed by atoms with Crippen LogP contribution in [-0.4, -0.2) is 72.8 Å². The number of aryl methyl sites for hydroxylation is 2. The van der Waals surface area contributed by atoms with Crippen LogP contribution >= 0.6 is 0 Å². The smallest absolute Gasteiger partial charge is 0.310 e. The summed E-state index contributed by atoms with van der Waals surface area (Å²) >= 11 is -1.55. The first kappa shape index (κ1) is 36.1. The van der Waals surface area contributed by atoms with E-state index in [-0.39, 0.29) is 0 Å². The minimum atomic E-state index is -1.55. The summed E-state index contributed by atoms with van der Waals surface area (Å²) in [6.07, 6.45) is 7.25. The summed E-state index contributed by atoms with van der Waals surface area (Å²) in [5, 5.41) is 10.5. The topological polar surface area (TPSA) is 155 Å². The molecule has 4 heterocycles. The second-order valence-electron chi connectivity index (χ2n) is 15.0. The summed E-state index contributed by atoms with van der Waals surface area (Å²) in [6, 6.07) is 9.89. The molecule has 2 aromatic heterocycles. The van der Waals surface area contributed by atoms with Gasteiger partial charge in [-0.1, -0.05) is 24.6 Å². The lowest BCUT2D eigenvalue weighted by Crippen LogP contribution is -2.38. The molecule has 0 radical (unpaired) electrons. The Balaban J connectivity index is 1.30. The van der Waals surface area contributed by atoms with Crippen molar-refractivity contribution in [1.82, 2.24) is 18.8 Å². The lowest BCUT2D eigenvalue weighted by molar-refractivity contribution is -0.147. The van der Waals surface area contributed by atoms with Gasteiger partial charge in [0.05, 0.1) is 29.9 Å². The standard InChI is InChI=1S/C38H52N6O5S/c1-24-10-11-27(32(37(4,5)36(45)46)30-21-28(19-26(3)39)33(40)42(30)6)20-29(24)22-44-23-38(12-13-38)49-35-31(50(44)47)18-25(2)34(41-35)48-17-16-43-14-8-7-9-15-43/h10-11,18-21,32H,7-9,12-17,22-23,39-40H2,1-6H3,(H,45,46)/b26-19-. The van der Waals surface area contributed by atoms with E-state index in [4.69, 9.17) is 25.9 Å². The maximum absolute atomic E-state index is 14.4. The minimum Gasteiger partial charge on any atom is -0.593 e. The van der Waals surface area contributed by atoms with Gasteiger partial charge in [-0.25, -0.2) is 0 Å². The average Bonchev–Trinajstić information content (AvgIpc) is 3.79. The van der Waals surface area contributed by atoms with Crippen LogP contribution in [-0.2, 0) is 29.7 Å². The van der Waals surface area contributed by atoms with Gasteiger partial charge >= 0.3 is 5.97 Å². The van der Waals surface area contributed by atoms with Gasteiger partial charge in [-0.05, 0) is 102 Å². The Bertz CT molecular complexity index is 1770. The number of aromatic nitrogens is 2. The molecule has 50 heavy (non-hydrogen) atoms. The Hall–Kier alpha value is -3.71. The van der Waals surface area contributed by atoms with Crippen LogP contribution in [0.3, 0.4) is 0 Å². The summed E-state index contributed by atoms with van der Waals surface area (Å²) in [5.41, 5.74) is 16.6. The second-order valence-corrected chi connectivity index (χ2v) is 16.5. The molecule has 1 aliphatic carbocycles. The average molecular weight is 705 g/mol. The summed E-state index contributed by atoms with van der Waals surface area (Å²) in [6.45, 7) is 13.7. The molecule has 2 unspecified atom stereocenters. The maximum Gasteiger partial charge on any atom is 0.310 e. The third-order valence-electron chi connectivity index (χ3n) is 10.6. The number of ether oxygens (including phenoxy) is 2. The molecule has 270 valence electrons. The van der Waals surface area contributed by atoms with Crippen molar-refractivity contribution in [2.75, 3.05) is 38.5 Å². The highest BCUT2D eigenvalue weighted by atomic mass is 32.2. The second kappa shape index (κ2) is 14.1. The SMILES string of the molecule is C/C(N)=C/c1cc(C(c2ccc(C)c(CN3CC4(CC4)Oc4nc(OCCN5CCCCC5)c(C)cc4[S+]3[O-])c2)C(C)(C)C(=O)O)n(C)c1N. The molecule has 3 aromatic rings. The van der Waals surface area contributed by atoms with Gasteiger partial charge in [0.1, 0.15) is 18.0 Å². The number of allylic oxidation sites excluding steroid dienone is 1. The minimum absolute atomic E-state index is 0.384. The zero-order valence-corrected chi connectivity index (χ0v) is 31.1. The molecule has 2 atom stereocenters. The molecule has 1 saturated carbocycles. The van der Waals surface area contributed by atoms with Crippen molar-refractivity contribution in [2.45, 2.75) is 89.7 Å². The summed E-state index contributed by atoms with van der Waals surface area (Å²) < 4.78 is 30.9. The molecule has 1 saturated heterocycles. The van der Waals surface area contributed by atoms with E-state index in [9.17, 15) is 14.5 Å². The fourth-order valence-corrected chi connectivity index (χ4v) is 8.64. The third kappa shape index (κ3) is 7.35. The van der Waals surface area contributed by atoms with Crippen LogP contribution < -0.4 is 20.9 Å². The van der Waals surface area contributed by atoms with E-state index in [0.717, 1.165) is 66.0 Å². The zero-order chi connectivity index (χ0) is 36.0. The van der Waals surface area contributed by atoms with Crippen molar-refractivity contribution in [3.63, 3.8) is 0 Å². The predicted molar refractivity (Wildman–Crippen MR) is 196 cm³/mol. The largest absolute Gasteiger partial charge is 0.593 e. The zero-order valence-electron chi connectivity index (χ0n) is 30.3. The fraction of sp³-hybridized carbons (Fsp3) is 0.526. The molecule has 0 amide bonds. The molecule has 5 N–H and O–H groups in total. The molecule has 2 aliphatic heterocycles. The fourth-order valence-electron chi connectivity index (χ4n) is 7.24. The number of nitrogens with zero attached hydrogens (tertiary/aromatic N) is 4. The molecule has 1 aromatic carbocycles. The van der Waals surface area contributed by atoms with Gasteiger partial charge in [-0.3, -0.25) is 9.69 Å². The Labute approximate surface area is 298 Å². The van der Waals surface area contributed by atoms with Crippen molar-refractivity contribution in [3.8, 4) is 11.8 Å². The number of piperidine rings is 1. The number of nitrogen functional groups attached to an aromatic ring is 1. The highest BCUT2D eigenvalue weighted by molar-refractivity contribution is 7.89. The summed E-state index contributed by atoms with van der Waals surface area (Å²) in [4.78, 5) is 20.5. The van der Waals surface area contributed by atoms with Gasteiger partial charge in [-0.2, -0.15) is 4.98 Å². The van der Waals surface area contributed by atoms with Crippen LogP contribution in [0.15, 0.2) is 40.9 Å². The van der Waals surface area contributed by atoms with E-state index < -0.39 is 34.3 Å². The molecule has 1 spiro atoms. The lowest BCUT2D eigenvalue weighted by atomic mass is 9.72. The van der Waals surface area contributed by atoms with Crippen LogP contribution in [0.2, 0.25) is 0 Å². The summed E-state index contributed by atoms with van der Waals surface area (Å²) in [7, 11) is 1.85. The predicted octanol–water partition coefficient (Wildman–Crippen LogP) is 5.50. The highest BCUT2D eigenvalue weighted by Crippen LogP contribution is 2.48. The van der Waals surface area contributed by atoms with Gasteiger partial charge in [0.15, 0.2) is 0 Å². The monoisotopic (exact) mass is 704 g/mol. The number of benzene rings is 1.